The summed E-state index contributed by atoms with van der Waals surface area (Å²) in [4.78, 5) is 12.9. The van der Waals surface area contributed by atoms with Crippen LogP contribution in [0.15, 0.2) is 82.2 Å². The van der Waals surface area contributed by atoms with E-state index >= 15 is 0 Å². The first-order valence-corrected chi connectivity index (χ1v) is 12.3. The average molecular weight is 533 g/mol. The zero-order valence-electron chi connectivity index (χ0n) is 18.3. The largest absolute Gasteiger partial charge is 0.493 e. The van der Waals surface area contributed by atoms with Crippen LogP contribution in [0, 0.1) is 0 Å². The van der Waals surface area contributed by atoms with Crippen LogP contribution in [0.2, 0.25) is 0 Å². The minimum atomic E-state index is -3.90. The monoisotopic (exact) mass is 532 g/mol. The fraction of sp³-hybridized carbons (Fsp3) is 0.208. The number of sulfonamides is 1. The van der Waals surface area contributed by atoms with Crippen molar-refractivity contribution in [2.24, 2.45) is 0 Å². The molecule has 0 saturated carbocycles. The number of benzene rings is 3. The summed E-state index contributed by atoms with van der Waals surface area (Å²) in [5.41, 5.74) is 1.58. The van der Waals surface area contributed by atoms with Crippen molar-refractivity contribution in [2.45, 2.75) is 18.0 Å². The molecule has 0 bridgehead atoms. The highest BCUT2D eigenvalue weighted by Gasteiger charge is 2.27. The second-order valence-electron chi connectivity index (χ2n) is 7.18. The standard InChI is InChI=1S/C24H25BrN2O5S/c1-31-22-13-8-19(14-23(22)32-2)15-26-24(28)17-27(16-18-6-4-3-5-7-18)33(29,30)21-11-9-20(25)10-12-21/h3-14H,15-17H2,1-2H3,(H,26,28). The number of nitrogens with one attached hydrogen (secondary N) is 1. The van der Waals surface area contributed by atoms with E-state index in [1.807, 2.05) is 36.4 Å². The van der Waals surface area contributed by atoms with Crippen LogP contribution >= 0.6 is 15.9 Å². The van der Waals surface area contributed by atoms with Crippen LogP contribution in [0.3, 0.4) is 0 Å². The number of amides is 1. The number of carbonyl (C=O) groups excluding carboxylic acids is 1. The molecule has 1 N–H and O–H groups in total. The summed E-state index contributed by atoms with van der Waals surface area (Å²) in [6.07, 6.45) is 0. The smallest absolute Gasteiger partial charge is 0.243 e. The lowest BCUT2D eigenvalue weighted by Crippen LogP contribution is -2.40. The number of hydrogen-bond acceptors (Lipinski definition) is 5. The van der Waals surface area contributed by atoms with E-state index in [1.165, 1.54) is 23.5 Å². The van der Waals surface area contributed by atoms with E-state index in [9.17, 15) is 13.2 Å². The Morgan fingerprint density at radius 3 is 2.21 bits per heavy atom. The minimum absolute atomic E-state index is 0.0724. The van der Waals surface area contributed by atoms with Crippen molar-refractivity contribution in [3.05, 3.63) is 88.4 Å². The third-order valence-corrected chi connectivity index (χ3v) is 7.25. The van der Waals surface area contributed by atoms with Crippen molar-refractivity contribution in [1.29, 1.82) is 0 Å². The lowest BCUT2D eigenvalue weighted by atomic mass is 10.2. The van der Waals surface area contributed by atoms with Crippen LogP contribution in [-0.2, 0) is 27.9 Å². The highest BCUT2D eigenvalue weighted by molar-refractivity contribution is 9.10. The summed E-state index contributed by atoms with van der Waals surface area (Å²) in [6.45, 7) is -0.0275. The number of halogens is 1. The van der Waals surface area contributed by atoms with Gasteiger partial charge in [0.15, 0.2) is 11.5 Å². The second-order valence-corrected chi connectivity index (χ2v) is 10.0. The summed E-state index contributed by atoms with van der Waals surface area (Å²) in [7, 11) is -0.814. The van der Waals surface area contributed by atoms with Gasteiger partial charge in [-0.1, -0.05) is 52.3 Å². The third kappa shape index (κ3) is 6.56. The molecule has 0 spiro atoms. The molecular weight excluding hydrogens is 508 g/mol. The van der Waals surface area contributed by atoms with Crippen molar-refractivity contribution in [2.75, 3.05) is 20.8 Å². The molecule has 3 rings (SSSR count). The van der Waals surface area contributed by atoms with E-state index in [4.69, 9.17) is 9.47 Å². The first-order chi connectivity index (χ1) is 15.8. The fourth-order valence-electron chi connectivity index (χ4n) is 3.18. The quantitative estimate of drug-likeness (QED) is 0.427. The van der Waals surface area contributed by atoms with Gasteiger partial charge in [-0.3, -0.25) is 4.79 Å². The molecule has 0 aliphatic carbocycles. The predicted octanol–water partition coefficient (Wildman–Crippen LogP) is 3.97. The Morgan fingerprint density at radius 1 is 0.909 bits per heavy atom. The topological polar surface area (TPSA) is 84.9 Å². The predicted molar refractivity (Wildman–Crippen MR) is 130 cm³/mol. The molecule has 0 fully saturated rings. The number of nitrogens with zero attached hydrogens (tertiary/aromatic N) is 1. The van der Waals surface area contributed by atoms with E-state index in [-0.39, 0.29) is 24.5 Å². The number of hydrogen-bond donors (Lipinski definition) is 1. The molecule has 0 unspecified atom stereocenters. The first kappa shape index (κ1) is 24.8. The van der Waals surface area contributed by atoms with E-state index in [2.05, 4.69) is 21.2 Å². The molecule has 1 amide bonds. The van der Waals surface area contributed by atoms with Gasteiger partial charge in [-0.15, -0.1) is 0 Å². The molecule has 33 heavy (non-hydrogen) atoms. The molecule has 0 aromatic heterocycles. The van der Waals surface area contributed by atoms with Gasteiger partial charge in [0.1, 0.15) is 0 Å². The Hall–Kier alpha value is -2.88. The zero-order chi connectivity index (χ0) is 23.8. The molecule has 3 aromatic rings. The van der Waals surface area contributed by atoms with Crippen molar-refractivity contribution in [3.63, 3.8) is 0 Å². The maximum absolute atomic E-state index is 13.3. The number of carbonyl (C=O) groups is 1. The second kappa shape index (κ2) is 11.3. The highest BCUT2D eigenvalue weighted by atomic mass is 79.9. The molecule has 7 nitrogen and oxygen atoms in total. The van der Waals surface area contributed by atoms with Crippen molar-refractivity contribution in [3.8, 4) is 11.5 Å². The average Bonchev–Trinajstić information content (AvgIpc) is 2.83. The molecule has 0 radical (unpaired) electrons. The SMILES string of the molecule is COc1ccc(CNC(=O)CN(Cc2ccccc2)S(=O)(=O)c2ccc(Br)cc2)cc1OC. The van der Waals surface area contributed by atoms with Crippen LogP contribution in [0.1, 0.15) is 11.1 Å². The maximum Gasteiger partial charge on any atom is 0.243 e. The third-order valence-electron chi connectivity index (χ3n) is 4.91. The van der Waals surface area contributed by atoms with Crippen LogP contribution in [0.25, 0.3) is 0 Å². The van der Waals surface area contributed by atoms with Gasteiger partial charge in [0, 0.05) is 17.6 Å². The molecule has 0 heterocycles. The Bertz CT molecular complexity index is 1190. The summed E-state index contributed by atoms with van der Waals surface area (Å²) in [6, 6.07) is 20.8. The molecule has 0 saturated heterocycles. The van der Waals surface area contributed by atoms with E-state index in [1.54, 1.807) is 31.4 Å². The van der Waals surface area contributed by atoms with Gasteiger partial charge in [-0.25, -0.2) is 8.42 Å². The Labute approximate surface area is 202 Å². The summed E-state index contributed by atoms with van der Waals surface area (Å²) < 4.78 is 39.1. The summed E-state index contributed by atoms with van der Waals surface area (Å²) >= 11 is 3.32. The Kier molecular flexibility index (Phi) is 8.49. The van der Waals surface area contributed by atoms with E-state index < -0.39 is 15.9 Å². The fourth-order valence-corrected chi connectivity index (χ4v) is 4.82. The van der Waals surface area contributed by atoms with Crippen LogP contribution in [0.5, 0.6) is 11.5 Å². The molecule has 0 aliphatic rings. The van der Waals surface area contributed by atoms with E-state index in [0.29, 0.717) is 11.5 Å². The van der Waals surface area contributed by atoms with Crippen LogP contribution < -0.4 is 14.8 Å². The number of ether oxygens (including phenoxy) is 2. The molecule has 0 atom stereocenters. The molecular formula is C24H25BrN2O5S. The van der Waals surface area contributed by atoms with Crippen molar-refractivity contribution < 1.29 is 22.7 Å². The van der Waals surface area contributed by atoms with Crippen LogP contribution in [-0.4, -0.2) is 39.4 Å². The highest BCUT2D eigenvalue weighted by Crippen LogP contribution is 2.27. The summed E-state index contributed by atoms with van der Waals surface area (Å²) in [5.74, 6) is 0.719. The Balaban J connectivity index is 1.76. The molecule has 174 valence electrons. The zero-order valence-corrected chi connectivity index (χ0v) is 20.7. The van der Waals surface area contributed by atoms with Crippen LogP contribution in [0.4, 0.5) is 0 Å². The number of rotatable bonds is 10. The lowest BCUT2D eigenvalue weighted by molar-refractivity contribution is -0.121. The van der Waals surface area contributed by atoms with Crippen molar-refractivity contribution >= 4 is 31.9 Å². The number of methoxy groups -OCH3 is 2. The maximum atomic E-state index is 13.3. The normalized spacial score (nSPS) is 11.3. The van der Waals surface area contributed by atoms with Gasteiger partial charge >= 0.3 is 0 Å². The molecule has 0 aliphatic heterocycles. The van der Waals surface area contributed by atoms with Gasteiger partial charge < -0.3 is 14.8 Å². The van der Waals surface area contributed by atoms with E-state index in [0.717, 1.165) is 15.6 Å². The van der Waals surface area contributed by atoms with Gasteiger partial charge in [0.05, 0.1) is 25.7 Å². The van der Waals surface area contributed by atoms with Gasteiger partial charge in [-0.05, 0) is 47.5 Å². The van der Waals surface area contributed by atoms with Gasteiger partial charge in [0.2, 0.25) is 15.9 Å². The van der Waals surface area contributed by atoms with Gasteiger partial charge in [-0.2, -0.15) is 4.31 Å². The first-order valence-electron chi connectivity index (χ1n) is 10.1. The summed E-state index contributed by atoms with van der Waals surface area (Å²) in [5, 5.41) is 2.79. The lowest BCUT2D eigenvalue weighted by Gasteiger charge is -2.22. The van der Waals surface area contributed by atoms with Gasteiger partial charge in [0.25, 0.3) is 0 Å². The minimum Gasteiger partial charge on any atom is -0.493 e. The Morgan fingerprint density at radius 2 is 1.58 bits per heavy atom. The molecule has 9 heteroatoms. The van der Waals surface area contributed by atoms with Crippen molar-refractivity contribution in [1.82, 2.24) is 9.62 Å². The molecule has 3 aromatic carbocycles.